The van der Waals surface area contributed by atoms with Crippen LogP contribution in [-0.2, 0) is 14.3 Å². The van der Waals surface area contributed by atoms with Crippen LogP contribution in [0.15, 0.2) is 42.0 Å². The Labute approximate surface area is 227 Å². The number of hydrogen-bond donors (Lipinski definition) is 1. The van der Waals surface area contributed by atoms with Crippen LogP contribution in [0.3, 0.4) is 0 Å². The molecule has 0 bridgehead atoms. The monoisotopic (exact) mass is 527 g/mol. The molecule has 210 valence electrons. The number of benzene rings is 1. The van der Waals surface area contributed by atoms with Gasteiger partial charge in [-0.25, -0.2) is 4.79 Å². The summed E-state index contributed by atoms with van der Waals surface area (Å²) in [4.78, 5) is 31.7. The van der Waals surface area contributed by atoms with Crippen molar-refractivity contribution in [2.45, 2.75) is 58.3 Å². The van der Waals surface area contributed by atoms with E-state index in [0.29, 0.717) is 25.9 Å². The molecule has 1 fully saturated rings. The molecule has 1 N–H and O–H groups in total. The average molecular weight is 528 g/mol. The minimum absolute atomic E-state index is 0.0103. The summed E-state index contributed by atoms with van der Waals surface area (Å²) >= 11 is 0. The Hall–Kier alpha value is -2.84. The van der Waals surface area contributed by atoms with E-state index in [1.165, 1.54) is 0 Å². The Balaban J connectivity index is 1.84. The lowest BCUT2D eigenvalue weighted by atomic mass is 9.91. The molecule has 2 aliphatic heterocycles. The van der Waals surface area contributed by atoms with Crippen molar-refractivity contribution in [1.29, 1.82) is 0 Å². The van der Waals surface area contributed by atoms with Gasteiger partial charge in [-0.1, -0.05) is 38.1 Å². The Morgan fingerprint density at radius 2 is 1.84 bits per heavy atom. The Morgan fingerprint density at radius 1 is 1.13 bits per heavy atom. The predicted molar refractivity (Wildman–Crippen MR) is 151 cm³/mol. The largest absolute Gasteiger partial charge is 0.457 e. The zero-order chi connectivity index (χ0) is 27.8. The number of aliphatic hydroxyl groups is 1. The molecule has 0 unspecified atom stereocenters. The highest BCUT2D eigenvalue weighted by Gasteiger charge is 2.29. The van der Waals surface area contributed by atoms with Crippen molar-refractivity contribution in [2.24, 2.45) is 11.8 Å². The topological polar surface area (TPSA) is 82.5 Å². The van der Waals surface area contributed by atoms with E-state index in [1.54, 1.807) is 4.90 Å². The van der Waals surface area contributed by atoms with Crippen molar-refractivity contribution < 1.29 is 24.2 Å². The zero-order valence-corrected chi connectivity index (χ0v) is 23.8. The Kier molecular flexibility index (Phi) is 10.8. The van der Waals surface area contributed by atoms with E-state index < -0.39 is 24.3 Å². The molecule has 3 rings (SSSR count). The average Bonchev–Trinajstić information content (AvgIpc) is 2.87. The number of amides is 1. The second-order valence-electron chi connectivity index (χ2n) is 11.1. The maximum absolute atomic E-state index is 13.0. The second kappa shape index (κ2) is 13.8. The third kappa shape index (κ3) is 8.60. The highest BCUT2D eigenvalue weighted by molar-refractivity contribution is 5.71. The van der Waals surface area contributed by atoms with Crippen molar-refractivity contribution >= 4 is 23.8 Å². The first-order valence-electron chi connectivity index (χ1n) is 13.7. The van der Waals surface area contributed by atoms with E-state index in [1.807, 2.05) is 83.2 Å². The number of piperazine rings is 1. The van der Waals surface area contributed by atoms with Crippen LogP contribution >= 0.6 is 0 Å². The Morgan fingerprint density at radius 3 is 2.53 bits per heavy atom. The van der Waals surface area contributed by atoms with Gasteiger partial charge >= 0.3 is 12.1 Å². The number of anilines is 1. The van der Waals surface area contributed by atoms with E-state index >= 15 is 0 Å². The minimum Gasteiger partial charge on any atom is -0.457 e. The van der Waals surface area contributed by atoms with Crippen LogP contribution in [0.2, 0.25) is 0 Å². The molecule has 0 radical (unpaired) electrons. The first kappa shape index (κ1) is 29.7. The number of hydrogen-bond acceptors (Lipinski definition) is 7. The van der Waals surface area contributed by atoms with Crippen molar-refractivity contribution in [1.82, 2.24) is 9.80 Å². The van der Waals surface area contributed by atoms with Gasteiger partial charge in [-0.15, -0.1) is 0 Å². The number of cyclic esters (lactones) is 1. The van der Waals surface area contributed by atoms with Gasteiger partial charge in [0, 0.05) is 51.9 Å². The highest BCUT2D eigenvalue weighted by atomic mass is 16.6. The molecule has 2 heterocycles. The van der Waals surface area contributed by atoms with E-state index in [-0.39, 0.29) is 24.3 Å². The van der Waals surface area contributed by atoms with Crippen LogP contribution < -0.4 is 4.90 Å². The van der Waals surface area contributed by atoms with Gasteiger partial charge in [0.15, 0.2) is 0 Å². The number of carbonyl (C=O) groups excluding carboxylic acids is 2. The lowest BCUT2D eigenvalue weighted by Crippen LogP contribution is -2.48. The van der Waals surface area contributed by atoms with E-state index in [4.69, 9.17) is 9.47 Å². The lowest BCUT2D eigenvalue weighted by molar-refractivity contribution is -0.151. The quantitative estimate of drug-likeness (QED) is 0.464. The zero-order valence-electron chi connectivity index (χ0n) is 23.8. The summed E-state index contributed by atoms with van der Waals surface area (Å²) in [5.74, 6) is -0.589. The molecule has 8 nitrogen and oxygen atoms in total. The van der Waals surface area contributed by atoms with Crippen LogP contribution in [0.1, 0.15) is 45.6 Å². The molecule has 8 heteroatoms. The smallest absolute Gasteiger partial charge is 0.410 e. The van der Waals surface area contributed by atoms with Gasteiger partial charge in [-0.2, -0.15) is 0 Å². The standard InChI is InChI=1S/C30H45N3O5/c1-21-10-12-26(34)20-28(35)38-29(23(3)18-24-8-7-9-25(19-24)31(4)5)22(2)11-13-27(21)37-30(36)33-16-14-32(6)15-17-33/h7-9,11,13,18-19,21-22,26-27,29,34H,10,12,14-17,20H2,1-6H3/b13-11?,23-18+/t21-,22-,26+,27-,29-/m0/s1. The fourth-order valence-corrected chi connectivity index (χ4v) is 4.87. The van der Waals surface area contributed by atoms with Gasteiger partial charge in [0.1, 0.15) is 12.2 Å². The fraction of sp³-hybridized carbons (Fsp3) is 0.600. The summed E-state index contributed by atoms with van der Waals surface area (Å²) in [6.45, 7) is 8.91. The molecule has 0 spiro atoms. The number of ether oxygens (including phenoxy) is 2. The van der Waals surface area contributed by atoms with Crippen molar-refractivity contribution in [2.75, 3.05) is 52.2 Å². The summed E-state index contributed by atoms with van der Waals surface area (Å²) in [5.41, 5.74) is 2.99. The summed E-state index contributed by atoms with van der Waals surface area (Å²) in [5, 5.41) is 10.5. The molecule has 5 atom stereocenters. The van der Waals surface area contributed by atoms with Gasteiger partial charge in [-0.05, 0) is 62.1 Å². The van der Waals surface area contributed by atoms with Gasteiger partial charge in [-0.3, -0.25) is 4.79 Å². The molecule has 1 aromatic carbocycles. The number of rotatable bonds is 4. The molecule has 2 aliphatic rings. The van der Waals surface area contributed by atoms with Crippen molar-refractivity contribution in [3.63, 3.8) is 0 Å². The summed E-state index contributed by atoms with van der Waals surface area (Å²) in [6.07, 6.45) is 4.88. The molecule has 0 saturated carbocycles. The lowest BCUT2D eigenvalue weighted by Gasteiger charge is -2.33. The van der Waals surface area contributed by atoms with Crippen LogP contribution in [0.5, 0.6) is 0 Å². The first-order chi connectivity index (χ1) is 18.0. The van der Waals surface area contributed by atoms with E-state index in [0.717, 1.165) is 29.9 Å². The van der Waals surface area contributed by atoms with Crippen molar-refractivity contribution in [3.8, 4) is 0 Å². The number of likely N-dealkylation sites (N-methyl/N-ethyl adjacent to an activating group) is 1. The van der Waals surface area contributed by atoms with Gasteiger partial charge in [0.2, 0.25) is 0 Å². The maximum Gasteiger partial charge on any atom is 0.410 e. The summed E-state index contributed by atoms with van der Waals surface area (Å²) in [6, 6.07) is 8.15. The Bertz CT molecular complexity index is 999. The summed E-state index contributed by atoms with van der Waals surface area (Å²) < 4.78 is 11.9. The normalized spacial score (nSPS) is 28.2. The molecule has 38 heavy (non-hydrogen) atoms. The third-order valence-corrected chi connectivity index (χ3v) is 7.49. The molecule has 1 saturated heterocycles. The van der Waals surface area contributed by atoms with Gasteiger partial charge in [0.25, 0.3) is 0 Å². The van der Waals surface area contributed by atoms with Gasteiger partial charge in [0.05, 0.1) is 12.5 Å². The van der Waals surface area contributed by atoms with Gasteiger partial charge < -0.3 is 29.3 Å². The molecule has 1 aromatic rings. The van der Waals surface area contributed by atoms with Crippen molar-refractivity contribution in [3.05, 3.63) is 47.6 Å². The number of aliphatic hydroxyl groups excluding tert-OH is 1. The maximum atomic E-state index is 13.0. The minimum atomic E-state index is -0.806. The molecule has 0 aliphatic carbocycles. The van der Waals surface area contributed by atoms with Crippen LogP contribution in [-0.4, -0.2) is 92.6 Å². The molecule has 0 aromatic heterocycles. The first-order valence-corrected chi connectivity index (χ1v) is 13.7. The molecular formula is C30H45N3O5. The fourth-order valence-electron chi connectivity index (χ4n) is 4.87. The SMILES string of the molecule is C/C(=C\c1cccc(N(C)C)c1)[C@H]1OC(=O)C[C@H](O)CC[C@H](C)[C@@H](OC(=O)N2CCN(C)CC2)C=C[C@@H]1C. The van der Waals surface area contributed by atoms with E-state index in [2.05, 4.69) is 11.0 Å². The predicted octanol–water partition coefficient (Wildman–Crippen LogP) is 4.19. The molecular weight excluding hydrogens is 482 g/mol. The number of carbonyl (C=O) groups is 2. The van der Waals surface area contributed by atoms with E-state index in [9.17, 15) is 14.7 Å². The van der Waals surface area contributed by atoms with Crippen LogP contribution in [0, 0.1) is 11.8 Å². The highest BCUT2D eigenvalue weighted by Crippen LogP contribution is 2.26. The number of esters is 1. The summed E-state index contributed by atoms with van der Waals surface area (Å²) in [7, 11) is 6.04. The third-order valence-electron chi connectivity index (χ3n) is 7.49. The second-order valence-corrected chi connectivity index (χ2v) is 11.1. The van der Waals surface area contributed by atoms with Crippen LogP contribution in [0.4, 0.5) is 10.5 Å². The van der Waals surface area contributed by atoms with Crippen LogP contribution in [0.25, 0.3) is 6.08 Å². The number of nitrogens with zero attached hydrogens (tertiary/aromatic N) is 3. The molecule has 1 amide bonds.